The first-order chi connectivity index (χ1) is 13.2. The van der Waals surface area contributed by atoms with E-state index in [9.17, 15) is 4.39 Å². The van der Waals surface area contributed by atoms with Gasteiger partial charge < -0.3 is 9.13 Å². The lowest BCUT2D eigenvalue weighted by Gasteiger charge is -2.19. The van der Waals surface area contributed by atoms with Crippen LogP contribution in [0.4, 0.5) is 4.39 Å². The molecule has 0 amide bonds. The number of hydrogen-bond acceptors (Lipinski definition) is 1. The van der Waals surface area contributed by atoms with Crippen molar-refractivity contribution in [1.82, 2.24) is 14.1 Å². The Kier molecular flexibility index (Phi) is 5.12. The van der Waals surface area contributed by atoms with Crippen molar-refractivity contribution in [2.75, 3.05) is 0 Å². The van der Waals surface area contributed by atoms with Gasteiger partial charge >= 0.3 is 0 Å². The monoisotopic (exact) mass is 425 g/mol. The summed E-state index contributed by atoms with van der Waals surface area (Å²) >= 11 is 3.62. The van der Waals surface area contributed by atoms with Crippen molar-refractivity contribution in [2.45, 2.75) is 32.4 Å². The molecular formula is C22H21BrFN3. The van der Waals surface area contributed by atoms with Crippen LogP contribution in [-0.4, -0.2) is 14.1 Å². The summed E-state index contributed by atoms with van der Waals surface area (Å²) in [5, 5.41) is 1.23. The molecule has 0 aliphatic carbocycles. The second-order valence-electron chi connectivity index (χ2n) is 6.80. The molecule has 0 saturated heterocycles. The van der Waals surface area contributed by atoms with Crippen LogP contribution in [0.3, 0.4) is 0 Å². The molecule has 0 spiro atoms. The van der Waals surface area contributed by atoms with Gasteiger partial charge in [0.2, 0.25) is 0 Å². The van der Waals surface area contributed by atoms with Crippen molar-refractivity contribution < 1.29 is 4.39 Å². The Labute approximate surface area is 166 Å². The van der Waals surface area contributed by atoms with E-state index in [1.165, 1.54) is 28.6 Å². The molecule has 5 heteroatoms. The predicted octanol–water partition coefficient (Wildman–Crippen LogP) is 5.98. The maximum absolute atomic E-state index is 13.3. The molecule has 0 aliphatic rings. The third-order valence-electron chi connectivity index (χ3n) is 4.92. The van der Waals surface area contributed by atoms with Gasteiger partial charge in [-0.2, -0.15) is 0 Å². The minimum absolute atomic E-state index is 0.0906. The molecule has 0 saturated carbocycles. The van der Waals surface area contributed by atoms with Crippen LogP contribution >= 0.6 is 15.9 Å². The standard InChI is InChI=1S/C22H21BrFN3/c1-2-10-26-14-20(19-13-17(23)5-8-21(19)26)22(27-11-9-25-15-27)12-16-3-6-18(24)7-4-16/h3-9,11,13-15,22H,2,10,12H2,1H3. The molecule has 0 radical (unpaired) electrons. The van der Waals surface area contributed by atoms with Gasteiger partial charge in [-0.05, 0) is 48.7 Å². The summed E-state index contributed by atoms with van der Waals surface area (Å²) in [6.45, 7) is 3.17. The quantitative estimate of drug-likeness (QED) is 0.372. The van der Waals surface area contributed by atoms with Gasteiger partial charge in [0.15, 0.2) is 0 Å². The van der Waals surface area contributed by atoms with E-state index in [-0.39, 0.29) is 11.9 Å². The maximum atomic E-state index is 13.3. The zero-order valence-electron chi connectivity index (χ0n) is 15.1. The fourth-order valence-electron chi connectivity index (χ4n) is 3.66. The van der Waals surface area contributed by atoms with E-state index in [2.05, 4.69) is 61.4 Å². The first-order valence-corrected chi connectivity index (χ1v) is 9.95. The summed E-state index contributed by atoms with van der Waals surface area (Å²) in [6, 6.07) is 13.3. The number of halogens is 2. The van der Waals surface area contributed by atoms with Crippen molar-refractivity contribution >= 4 is 26.8 Å². The highest BCUT2D eigenvalue weighted by Gasteiger charge is 2.20. The second-order valence-corrected chi connectivity index (χ2v) is 7.71. The molecular weight excluding hydrogens is 405 g/mol. The molecule has 4 rings (SSSR count). The largest absolute Gasteiger partial charge is 0.347 e. The maximum Gasteiger partial charge on any atom is 0.123 e. The van der Waals surface area contributed by atoms with Gasteiger partial charge in [-0.15, -0.1) is 0 Å². The number of nitrogens with zero attached hydrogens (tertiary/aromatic N) is 3. The van der Waals surface area contributed by atoms with Crippen LogP contribution in [0.5, 0.6) is 0 Å². The minimum atomic E-state index is -0.207. The summed E-state index contributed by atoms with van der Waals surface area (Å²) in [4.78, 5) is 4.25. The van der Waals surface area contributed by atoms with E-state index in [4.69, 9.17) is 0 Å². The lowest BCUT2D eigenvalue weighted by Crippen LogP contribution is -2.12. The zero-order valence-corrected chi connectivity index (χ0v) is 16.7. The lowest BCUT2D eigenvalue weighted by atomic mass is 9.98. The fourth-order valence-corrected chi connectivity index (χ4v) is 4.02. The molecule has 2 heterocycles. The van der Waals surface area contributed by atoms with Gasteiger partial charge in [-0.25, -0.2) is 9.37 Å². The van der Waals surface area contributed by atoms with E-state index in [1.807, 2.05) is 24.7 Å². The van der Waals surface area contributed by atoms with Crippen molar-refractivity contribution in [3.63, 3.8) is 0 Å². The molecule has 0 bridgehead atoms. The topological polar surface area (TPSA) is 22.8 Å². The summed E-state index contributed by atoms with van der Waals surface area (Å²) in [5.74, 6) is -0.207. The number of fused-ring (bicyclic) bond motifs is 1. The predicted molar refractivity (Wildman–Crippen MR) is 110 cm³/mol. The lowest BCUT2D eigenvalue weighted by molar-refractivity contribution is 0.578. The first kappa shape index (κ1) is 18.0. The molecule has 1 atom stereocenters. The van der Waals surface area contributed by atoms with E-state index in [1.54, 1.807) is 6.20 Å². The first-order valence-electron chi connectivity index (χ1n) is 9.16. The van der Waals surface area contributed by atoms with Crippen LogP contribution in [0.2, 0.25) is 0 Å². The van der Waals surface area contributed by atoms with Crippen molar-refractivity contribution in [2.24, 2.45) is 0 Å². The average molecular weight is 426 g/mol. The van der Waals surface area contributed by atoms with E-state index in [0.717, 1.165) is 29.4 Å². The van der Waals surface area contributed by atoms with E-state index < -0.39 is 0 Å². The summed E-state index contributed by atoms with van der Waals surface area (Å²) in [7, 11) is 0. The van der Waals surface area contributed by atoms with Crippen LogP contribution in [0.25, 0.3) is 10.9 Å². The number of benzene rings is 2. The second kappa shape index (κ2) is 7.69. The number of rotatable bonds is 6. The van der Waals surface area contributed by atoms with Crippen LogP contribution in [0.15, 0.2) is 71.9 Å². The van der Waals surface area contributed by atoms with Crippen molar-refractivity contribution in [1.29, 1.82) is 0 Å². The van der Waals surface area contributed by atoms with Crippen LogP contribution in [0.1, 0.15) is 30.5 Å². The molecule has 0 fully saturated rings. The van der Waals surface area contributed by atoms with Crippen LogP contribution in [-0.2, 0) is 13.0 Å². The Morgan fingerprint density at radius 2 is 1.96 bits per heavy atom. The normalized spacial score (nSPS) is 12.6. The van der Waals surface area contributed by atoms with Gasteiger partial charge in [0.25, 0.3) is 0 Å². The smallest absolute Gasteiger partial charge is 0.123 e. The molecule has 1 unspecified atom stereocenters. The molecule has 4 aromatic rings. The van der Waals surface area contributed by atoms with Gasteiger partial charge in [0.05, 0.1) is 12.4 Å². The van der Waals surface area contributed by atoms with Gasteiger partial charge in [-0.3, -0.25) is 0 Å². The number of aryl methyl sites for hydroxylation is 1. The highest BCUT2D eigenvalue weighted by Crippen LogP contribution is 2.33. The van der Waals surface area contributed by atoms with E-state index in [0.29, 0.717) is 0 Å². The molecule has 27 heavy (non-hydrogen) atoms. The Hall–Kier alpha value is -2.40. The Morgan fingerprint density at radius 1 is 1.15 bits per heavy atom. The van der Waals surface area contributed by atoms with Gasteiger partial charge in [0.1, 0.15) is 5.82 Å². The molecule has 0 aliphatic heterocycles. The molecule has 138 valence electrons. The molecule has 3 nitrogen and oxygen atoms in total. The Bertz CT molecular complexity index is 1040. The highest BCUT2D eigenvalue weighted by molar-refractivity contribution is 9.10. The molecule has 2 aromatic heterocycles. The molecule has 0 N–H and O–H groups in total. The average Bonchev–Trinajstić information content (AvgIpc) is 3.30. The third-order valence-corrected chi connectivity index (χ3v) is 5.42. The molecule has 2 aromatic carbocycles. The SMILES string of the molecule is CCCn1cc(C(Cc2ccc(F)cc2)n2ccnc2)c2cc(Br)ccc21. The Morgan fingerprint density at radius 3 is 2.67 bits per heavy atom. The van der Waals surface area contributed by atoms with Gasteiger partial charge in [0, 0.05) is 46.1 Å². The number of aromatic nitrogens is 3. The minimum Gasteiger partial charge on any atom is -0.347 e. The summed E-state index contributed by atoms with van der Waals surface area (Å²) < 4.78 is 18.9. The van der Waals surface area contributed by atoms with E-state index >= 15 is 0 Å². The summed E-state index contributed by atoms with van der Waals surface area (Å²) in [5.41, 5.74) is 3.59. The van der Waals surface area contributed by atoms with Crippen LogP contribution < -0.4 is 0 Å². The Balaban J connectivity index is 1.84. The van der Waals surface area contributed by atoms with Crippen LogP contribution in [0, 0.1) is 5.82 Å². The third kappa shape index (κ3) is 3.69. The van der Waals surface area contributed by atoms with Crippen molar-refractivity contribution in [3.8, 4) is 0 Å². The number of hydrogen-bond donors (Lipinski definition) is 0. The van der Waals surface area contributed by atoms with Gasteiger partial charge in [-0.1, -0.05) is 35.0 Å². The number of imidazole rings is 1. The van der Waals surface area contributed by atoms with Crippen molar-refractivity contribution in [3.05, 3.63) is 88.8 Å². The summed E-state index contributed by atoms with van der Waals surface area (Å²) in [6.07, 6.45) is 9.76. The fraction of sp³-hybridized carbons (Fsp3) is 0.227. The zero-order chi connectivity index (χ0) is 18.8. The highest BCUT2D eigenvalue weighted by atomic mass is 79.9.